The number of hydrogen-bond donors (Lipinski definition) is 1. The highest BCUT2D eigenvalue weighted by atomic mass is 32.1. The predicted molar refractivity (Wildman–Crippen MR) is 118 cm³/mol. The molecule has 0 amide bonds. The van der Waals surface area contributed by atoms with E-state index in [2.05, 4.69) is 56.2 Å². The van der Waals surface area contributed by atoms with E-state index in [1.165, 1.54) is 47.4 Å². The van der Waals surface area contributed by atoms with Crippen molar-refractivity contribution in [3.8, 4) is 11.3 Å². The molecule has 1 unspecified atom stereocenters. The number of aliphatic hydroxyl groups is 1. The van der Waals surface area contributed by atoms with E-state index in [4.69, 9.17) is 4.98 Å². The number of likely N-dealkylation sites (tertiary alicyclic amines) is 1. The molecule has 28 heavy (non-hydrogen) atoms. The van der Waals surface area contributed by atoms with E-state index in [1.807, 2.05) is 11.3 Å². The van der Waals surface area contributed by atoms with Gasteiger partial charge in [0.05, 0.1) is 17.3 Å². The number of nitrogens with zero attached hydrogens (tertiary/aromatic N) is 2. The largest absolute Gasteiger partial charge is 0.395 e. The van der Waals surface area contributed by atoms with E-state index >= 15 is 0 Å². The van der Waals surface area contributed by atoms with Gasteiger partial charge in [0.2, 0.25) is 0 Å². The average Bonchev–Trinajstić information content (AvgIpc) is 3.16. The molecule has 1 aliphatic heterocycles. The van der Waals surface area contributed by atoms with Gasteiger partial charge in [-0.15, -0.1) is 11.3 Å². The van der Waals surface area contributed by atoms with E-state index in [0.717, 1.165) is 25.3 Å². The SMILES string of the molecule is CC1(C)CCC(C)(C)c2cc(-c3csc(C4CCCN(CCO)C4)n3)ccc21. The second-order valence-electron chi connectivity index (χ2n) is 9.96. The maximum absolute atomic E-state index is 9.25. The lowest BCUT2D eigenvalue weighted by molar-refractivity contribution is 0.161. The van der Waals surface area contributed by atoms with Gasteiger partial charge < -0.3 is 10.0 Å². The van der Waals surface area contributed by atoms with Crippen LogP contribution in [0.5, 0.6) is 0 Å². The molecular weight excluding hydrogens is 364 g/mol. The van der Waals surface area contributed by atoms with Crippen molar-refractivity contribution < 1.29 is 5.11 Å². The number of thiazole rings is 1. The molecule has 1 N–H and O–H groups in total. The number of aliphatic hydroxyl groups excluding tert-OH is 1. The van der Waals surface area contributed by atoms with Gasteiger partial charge in [-0.05, 0) is 60.3 Å². The number of aromatic nitrogens is 1. The molecule has 0 radical (unpaired) electrons. The number of rotatable bonds is 4. The quantitative estimate of drug-likeness (QED) is 0.756. The minimum absolute atomic E-state index is 0.230. The van der Waals surface area contributed by atoms with Crippen LogP contribution in [-0.4, -0.2) is 41.2 Å². The zero-order chi connectivity index (χ0) is 19.9. The number of benzene rings is 1. The van der Waals surface area contributed by atoms with E-state index in [-0.39, 0.29) is 17.4 Å². The van der Waals surface area contributed by atoms with Crippen molar-refractivity contribution >= 4 is 11.3 Å². The first kappa shape index (κ1) is 20.1. The van der Waals surface area contributed by atoms with Crippen LogP contribution in [0.1, 0.15) is 75.4 Å². The Kier molecular flexibility index (Phi) is 5.41. The standard InChI is InChI=1S/C24H34N2OS/c1-23(2)9-10-24(3,4)20-14-17(7-8-19(20)23)21-16-28-22(25-21)18-6-5-11-26(15-18)12-13-27/h7-8,14,16,18,27H,5-6,9-13,15H2,1-4H3. The highest BCUT2D eigenvalue weighted by Gasteiger charge is 2.37. The minimum Gasteiger partial charge on any atom is -0.395 e. The molecule has 2 heterocycles. The van der Waals surface area contributed by atoms with Crippen molar-refractivity contribution in [1.29, 1.82) is 0 Å². The summed E-state index contributed by atoms with van der Waals surface area (Å²) in [6, 6.07) is 7.04. The molecule has 2 aliphatic rings. The summed E-state index contributed by atoms with van der Waals surface area (Å²) < 4.78 is 0. The Morgan fingerprint density at radius 3 is 2.64 bits per heavy atom. The monoisotopic (exact) mass is 398 g/mol. The number of piperidine rings is 1. The summed E-state index contributed by atoms with van der Waals surface area (Å²) in [5.74, 6) is 0.507. The van der Waals surface area contributed by atoms with Gasteiger partial charge in [-0.2, -0.15) is 0 Å². The van der Waals surface area contributed by atoms with E-state index < -0.39 is 0 Å². The topological polar surface area (TPSA) is 36.4 Å². The van der Waals surface area contributed by atoms with Crippen LogP contribution >= 0.6 is 11.3 Å². The second kappa shape index (κ2) is 7.55. The molecule has 2 aromatic rings. The first-order valence-corrected chi connectivity index (χ1v) is 11.6. The van der Waals surface area contributed by atoms with Crippen LogP contribution in [0.3, 0.4) is 0 Å². The second-order valence-corrected chi connectivity index (χ2v) is 10.9. The molecule has 3 nitrogen and oxygen atoms in total. The smallest absolute Gasteiger partial charge is 0.0976 e. The molecule has 4 heteroatoms. The molecule has 1 atom stereocenters. The van der Waals surface area contributed by atoms with Gasteiger partial charge in [-0.1, -0.05) is 39.8 Å². The zero-order valence-electron chi connectivity index (χ0n) is 17.8. The van der Waals surface area contributed by atoms with Crippen molar-refractivity contribution in [1.82, 2.24) is 9.88 Å². The van der Waals surface area contributed by atoms with E-state index in [1.54, 1.807) is 0 Å². The summed E-state index contributed by atoms with van der Waals surface area (Å²) in [5.41, 5.74) is 5.89. The Hall–Kier alpha value is -1.23. The summed E-state index contributed by atoms with van der Waals surface area (Å²) in [7, 11) is 0. The van der Waals surface area contributed by atoms with Gasteiger partial charge >= 0.3 is 0 Å². The lowest BCUT2D eigenvalue weighted by Gasteiger charge is -2.42. The summed E-state index contributed by atoms with van der Waals surface area (Å²) in [4.78, 5) is 7.43. The van der Waals surface area contributed by atoms with Crippen molar-refractivity contribution in [2.75, 3.05) is 26.2 Å². The summed E-state index contributed by atoms with van der Waals surface area (Å²) in [6.45, 7) is 12.7. The fraction of sp³-hybridized carbons (Fsp3) is 0.625. The van der Waals surface area contributed by atoms with Gasteiger partial charge in [0, 0.05) is 30.0 Å². The van der Waals surface area contributed by atoms with Crippen LogP contribution in [0.25, 0.3) is 11.3 Å². The summed E-state index contributed by atoms with van der Waals surface area (Å²) in [5, 5.41) is 12.7. The van der Waals surface area contributed by atoms with Gasteiger partial charge in [0.15, 0.2) is 0 Å². The fourth-order valence-corrected chi connectivity index (χ4v) is 5.91. The Labute approximate surface area is 173 Å². The molecular formula is C24H34N2OS. The van der Waals surface area contributed by atoms with E-state index in [0.29, 0.717) is 5.92 Å². The van der Waals surface area contributed by atoms with Crippen LogP contribution < -0.4 is 0 Å². The predicted octanol–water partition coefficient (Wildman–Crippen LogP) is 5.33. The number of fused-ring (bicyclic) bond motifs is 1. The first-order valence-electron chi connectivity index (χ1n) is 10.7. The summed E-state index contributed by atoms with van der Waals surface area (Å²) >= 11 is 1.81. The van der Waals surface area contributed by atoms with Crippen LogP contribution in [0.2, 0.25) is 0 Å². The fourth-order valence-electron chi connectivity index (χ4n) is 4.96. The Balaban J connectivity index is 1.61. The molecule has 152 valence electrons. The average molecular weight is 399 g/mol. The van der Waals surface area contributed by atoms with Gasteiger partial charge in [-0.3, -0.25) is 0 Å². The van der Waals surface area contributed by atoms with Crippen molar-refractivity contribution in [2.45, 2.75) is 70.1 Å². The normalized spacial score (nSPS) is 24.1. The molecule has 1 saturated heterocycles. The van der Waals surface area contributed by atoms with Gasteiger partial charge in [0.1, 0.15) is 0 Å². The molecule has 0 spiro atoms. The highest BCUT2D eigenvalue weighted by molar-refractivity contribution is 7.10. The molecule has 1 aromatic carbocycles. The molecule has 0 saturated carbocycles. The molecule has 4 rings (SSSR count). The Morgan fingerprint density at radius 2 is 1.89 bits per heavy atom. The zero-order valence-corrected chi connectivity index (χ0v) is 18.6. The third kappa shape index (κ3) is 3.79. The maximum atomic E-state index is 9.25. The lowest BCUT2D eigenvalue weighted by Crippen LogP contribution is -2.36. The van der Waals surface area contributed by atoms with Crippen molar-refractivity contribution in [3.05, 3.63) is 39.7 Å². The van der Waals surface area contributed by atoms with Gasteiger partial charge in [-0.25, -0.2) is 4.98 Å². The molecule has 1 aliphatic carbocycles. The Bertz CT molecular complexity index is 837. The van der Waals surface area contributed by atoms with E-state index in [9.17, 15) is 5.11 Å². The molecule has 1 fully saturated rings. The van der Waals surface area contributed by atoms with Crippen LogP contribution in [-0.2, 0) is 10.8 Å². The van der Waals surface area contributed by atoms with Crippen molar-refractivity contribution in [2.24, 2.45) is 0 Å². The lowest BCUT2D eigenvalue weighted by atomic mass is 9.63. The molecule has 1 aromatic heterocycles. The summed E-state index contributed by atoms with van der Waals surface area (Å²) in [6.07, 6.45) is 4.89. The highest BCUT2D eigenvalue weighted by Crippen LogP contribution is 2.47. The molecule has 0 bridgehead atoms. The minimum atomic E-state index is 0.230. The number of β-amino-alcohol motifs (C(OH)–C–C–N with tert-alkyl or cyclic N) is 1. The maximum Gasteiger partial charge on any atom is 0.0976 e. The van der Waals surface area contributed by atoms with Crippen LogP contribution in [0.4, 0.5) is 0 Å². The number of hydrogen-bond acceptors (Lipinski definition) is 4. The third-order valence-corrected chi connectivity index (χ3v) is 7.95. The van der Waals surface area contributed by atoms with Crippen molar-refractivity contribution in [3.63, 3.8) is 0 Å². The Morgan fingerprint density at radius 1 is 1.14 bits per heavy atom. The third-order valence-electron chi connectivity index (χ3n) is 6.94. The first-order chi connectivity index (χ1) is 13.3. The van der Waals surface area contributed by atoms with Crippen LogP contribution in [0.15, 0.2) is 23.6 Å². The van der Waals surface area contributed by atoms with Crippen LogP contribution in [0, 0.1) is 0 Å². The van der Waals surface area contributed by atoms with Gasteiger partial charge in [0.25, 0.3) is 0 Å².